The van der Waals surface area contributed by atoms with Crippen LogP contribution in [0.1, 0.15) is 27.9 Å². The van der Waals surface area contributed by atoms with Gasteiger partial charge in [0.15, 0.2) is 0 Å². The van der Waals surface area contributed by atoms with E-state index in [1.54, 1.807) is 48.5 Å². The van der Waals surface area contributed by atoms with Crippen LogP contribution < -0.4 is 4.31 Å². The summed E-state index contributed by atoms with van der Waals surface area (Å²) in [5.74, 6) is -0.377. The molecule has 1 saturated heterocycles. The Morgan fingerprint density at radius 3 is 2.52 bits per heavy atom. The lowest BCUT2D eigenvalue weighted by Crippen LogP contribution is -2.25. The van der Waals surface area contributed by atoms with Crippen LogP contribution in [-0.2, 0) is 21.4 Å². The van der Waals surface area contributed by atoms with Gasteiger partial charge in [0.25, 0.3) is 0 Å². The number of nitriles is 1. The number of carbonyl (C=O) groups is 1. The van der Waals surface area contributed by atoms with Crippen LogP contribution in [-0.4, -0.2) is 26.7 Å². The van der Waals surface area contributed by atoms with Crippen molar-refractivity contribution < 1.29 is 17.9 Å². The summed E-state index contributed by atoms with van der Waals surface area (Å²) in [7, 11) is -3.24. The zero-order valence-corrected chi connectivity index (χ0v) is 14.2. The molecule has 0 spiro atoms. The highest BCUT2D eigenvalue weighted by Gasteiger charge is 2.28. The lowest BCUT2D eigenvalue weighted by atomic mass is 10.1. The smallest absolute Gasteiger partial charge is 0.338 e. The zero-order valence-electron chi connectivity index (χ0n) is 13.4. The lowest BCUT2D eigenvalue weighted by Gasteiger charge is -2.16. The summed E-state index contributed by atoms with van der Waals surface area (Å²) in [4.78, 5) is 12.1. The number of hydrogen-bond acceptors (Lipinski definition) is 5. The monoisotopic (exact) mass is 356 g/mol. The summed E-state index contributed by atoms with van der Waals surface area (Å²) in [5, 5.41) is 9.03. The van der Waals surface area contributed by atoms with Crippen LogP contribution in [0.2, 0.25) is 0 Å². The Balaban J connectivity index is 1.68. The molecule has 25 heavy (non-hydrogen) atoms. The maximum atomic E-state index is 12.1. The number of esters is 1. The van der Waals surface area contributed by atoms with Crippen LogP contribution in [0.3, 0.4) is 0 Å². The van der Waals surface area contributed by atoms with E-state index in [0.29, 0.717) is 35.3 Å². The second kappa shape index (κ2) is 6.95. The molecule has 0 radical (unpaired) electrons. The average molecular weight is 356 g/mol. The standard InChI is InChI=1S/C18H16N2O4S/c19-12-15-4-1-2-5-16(15)13-24-18(21)14-6-8-17(9-7-14)20-10-3-11-25(20,22)23/h1-2,4-9H,3,10-11,13H2. The summed E-state index contributed by atoms with van der Waals surface area (Å²) < 4.78 is 30.4. The van der Waals surface area contributed by atoms with Crippen molar-refractivity contribution in [2.45, 2.75) is 13.0 Å². The summed E-state index contributed by atoms with van der Waals surface area (Å²) in [6.45, 7) is 0.460. The van der Waals surface area contributed by atoms with Crippen LogP contribution in [0.5, 0.6) is 0 Å². The largest absolute Gasteiger partial charge is 0.457 e. The van der Waals surface area contributed by atoms with Gasteiger partial charge in [-0.25, -0.2) is 13.2 Å². The second-order valence-corrected chi connectivity index (χ2v) is 7.65. The van der Waals surface area contributed by atoms with Crippen molar-refractivity contribution in [3.8, 4) is 6.07 Å². The molecular weight excluding hydrogens is 340 g/mol. The Morgan fingerprint density at radius 2 is 1.88 bits per heavy atom. The van der Waals surface area contributed by atoms with Crippen molar-refractivity contribution >= 4 is 21.7 Å². The minimum atomic E-state index is -3.24. The van der Waals surface area contributed by atoms with Gasteiger partial charge < -0.3 is 4.74 Å². The van der Waals surface area contributed by atoms with Crippen LogP contribution in [0.15, 0.2) is 48.5 Å². The van der Waals surface area contributed by atoms with Gasteiger partial charge in [-0.1, -0.05) is 18.2 Å². The first-order chi connectivity index (χ1) is 12.0. The van der Waals surface area contributed by atoms with E-state index in [0.717, 1.165) is 0 Å². The molecule has 128 valence electrons. The van der Waals surface area contributed by atoms with E-state index in [-0.39, 0.29) is 12.4 Å². The van der Waals surface area contributed by atoms with Gasteiger partial charge in [-0.2, -0.15) is 5.26 Å². The van der Waals surface area contributed by atoms with E-state index in [1.807, 2.05) is 0 Å². The Morgan fingerprint density at radius 1 is 1.16 bits per heavy atom. The third-order valence-corrected chi connectivity index (χ3v) is 5.86. The quantitative estimate of drug-likeness (QED) is 0.785. The molecule has 0 saturated carbocycles. The topological polar surface area (TPSA) is 87.5 Å². The minimum absolute atomic E-state index is 0.00478. The Kier molecular flexibility index (Phi) is 4.72. The second-order valence-electron chi connectivity index (χ2n) is 5.63. The highest BCUT2D eigenvalue weighted by molar-refractivity contribution is 7.93. The van der Waals surface area contributed by atoms with Crippen LogP contribution in [0.25, 0.3) is 0 Å². The number of hydrogen-bond donors (Lipinski definition) is 0. The molecule has 0 aromatic heterocycles. The van der Waals surface area contributed by atoms with Crippen molar-refractivity contribution in [2.75, 3.05) is 16.6 Å². The fourth-order valence-electron chi connectivity index (χ4n) is 2.68. The summed E-state index contributed by atoms with van der Waals surface area (Å²) in [6.07, 6.45) is 0.602. The van der Waals surface area contributed by atoms with E-state index in [9.17, 15) is 13.2 Å². The van der Waals surface area contributed by atoms with Gasteiger partial charge in [-0.05, 0) is 36.8 Å². The predicted molar refractivity (Wildman–Crippen MR) is 92.5 cm³/mol. The molecule has 3 rings (SSSR count). The predicted octanol–water partition coefficient (Wildman–Crippen LogP) is 2.46. The molecule has 6 nitrogen and oxygen atoms in total. The number of carbonyl (C=O) groups excluding carboxylic acids is 1. The summed E-state index contributed by atoms with van der Waals surface area (Å²) in [6, 6.07) is 15.2. The maximum Gasteiger partial charge on any atom is 0.338 e. The highest BCUT2D eigenvalue weighted by Crippen LogP contribution is 2.24. The SMILES string of the molecule is N#Cc1ccccc1COC(=O)c1ccc(N2CCCS2(=O)=O)cc1. The molecule has 2 aromatic carbocycles. The van der Waals surface area contributed by atoms with E-state index >= 15 is 0 Å². The van der Waals surface area contributed by atoms with Crippen LogP contribution in [0, 0.1) is 11.3 Å². The van der Waals surface area contributed by atoms with Gasteiger partial charge in [-0.3, -0.25) is 4.31 Å². The van der Waals surface area contributed by atoms with Crippen molar-refractivity contribution in [1.29, 1.82) is 5.26 Å². The van der Waals surface area contributed by atoms with Gasteiger partial charge in [0.05, 0.1) is 28.6 Å². The van der Waals surface area contributed by atoms with Crippen LogP contribution in [0.4, 0.5) is 5.69 Å². The Bertz CT molecular complexity index is 930. The molecule has 0 aliphatic carbocycles. The molecule has 1 fully saturated rings. The number of ether oxygens (including phenoxy) is 1. The highest BCUT2D eigenvalue weighted by atomic mass is 32.2. The molecule has 2 aromatic rings. The first-order valence-corrected chi connectivity index (χ1v) is 9.38. The van der Waals surface area contributed by atoms with E-state index in [2.05, 4.69) is 6.07 Å². The average Bonchev–Trinajstić information content (AvgIpc) is 2.99. The number of anilines is 1. The molecule has 0 amide bonds. The minimum Gasteiger partial charge on any atom is -0.457 e. The lowest BCUT2D eigenvalue weighted by molar-refractivity contribution is 0.0472. The van der Waals surface area contributed by atoms with Crippen molar-refractivity contribution in [2.24, 2.45) is 0 Å². The molecule has 0 bridgehead atoms. The third-order valence-electron chi connectivity index (χ3n) is 3.99. The summed E-state index contributed by atoms with van der Waals surface area (Å²) in [5.41, 5.74) is 1.97. The fourth-order valence-corrected chi connectivity index (χ4v) is 4.24. The van der Waals surface area contributed by atoms with E-state index in [4.69, 9.17) is 10.00 Å². The Labute approximate surface area is 146 Å². The van der Waals surface area contributed by atoms with Gasteiger partial charge >= 0.3 is 5.97 Å². The molecule has 1 heterocycles. The van der Waals surface area contributed by atoms with Crippen molar-refractivity contribution in [3.05, 3.63) is 65.2 Å². The number of benzene rings is 2. The third kappa shape index (κ3) is 3.64. The van der Waals surface area contributed by atoms with Gasteiger partial charge in [0, 0.05) is 12.1 Å². The number of nitrogens with zero attached hydrogens (tertiary/aromatic N) is 2. The van der Waals surface area contributed by atoms with Crippen LogP contribution >= 0.6 is 0 Å². The molecule has 0 atom stereocenters. The summed E-state index contributed by atoms with van der Waals surface area (Å²) >= 11 is 0. The first kappa shape index (κ1) is 17.0. The molecule has 1 aliphatic heterocycles. The molecular formula is C18H16N2O4S. The van der Waals surface area contributed by atoms with Crippen molar-refractivity contribution in [1.82, 2.24) is 0 Å². The number of sulfonamides is 1. The van der Waals surface area contributed by atoms with E-state index < -0.39 is 16.0 Å². The fraction of sp³-hybridized carbons (Fsp3) is 0.222. The molecule has 0 unspecified atom stereocenters. The molecule has 1 aliphatic rings. The first-order valence-electron chi connectivity index (χ1n) is 7.77. The van der Waals surface area contributed by atoms with Crippen molar-refractivity contribution in [3.63, 3.8) is 0 Å². The number of rotatable bonds is 4. The van der Waals surface area contributed by atoms with Gasteiger partial charge in [-0.15, -0.1) is 0 Å². The molecule has 0 N–H and O–H groups in total. The zero-order chi connectivity index (χ0) is 17.9. The molecule has 7 heteroatoms. The maximum absolute atomic E-state index is 12.1. The van der Waals surface area contributed by atoms with Gasteiger partial charge in [0.1, 0.15) is 6.61 Å². The Hall–Kier alpha value is -2.85. The van der Waals surface area contributed by atoms with Gasteiger partial charge in [0.2, 0.25) is 10.0 Å². The normalized spacial score (nSPS) is 15.6. The van der Waals surface area contributed by atoms with E-state index in [1.165, 1.54) is 4.31 Å².